The summed E-state index contributed by atoms with van der Waals surface area (Å²) in [6.45, 7) is 6.44. The summed E-state index contributed by atoms with van der Waals surface area (Å²) in [5.74, 6) is 0.814. The van der Waals surface area contributed by atoms with Crippen LogP contribution < -0.4 is 0 Å². The van der Waals surface area contributed by atoms with Crippen LogP contribution in [0.1, 0.15) is 47.0 Å². The number of aromatic nitrogens is 2. The monoisotopic (exact) mass is 417 g/mol. The molecule has 1 atom stereocenters. The Morgan fingerprint density at radius 3 is 2.64 bits per heavy atom. The molecule has 6 nitrogen and oxygen atoms in total. The van der Waals surface area contributed by atoms with Gasteiger partial charge in [0.05, 0.1) is 10.6 Å². The highest BCUT2D eigenvalue weighted by Crippen LogP contribution is 2.36. The van der Waals surface area contributed by atoms with Gasteiger partial charge in [0.25, 0.3) is 5.89 Å². The fourth-order valence-electron chi connectivity index (χ4n) is 3.89. The molecular weight excluding hydrogens is 394 g/mol. The first-order valence-electron chi connectivity index (χ1n) is 9.28. The van der Waals surface area contributed by atoms with Gasteiger partial charge in [0.1, 0.15) is 6.04 Å². The van der Waals surface area contributed by atoms with Crippen molar-refractivity contribution >= 4 is 21.4 Å². The molecule has 1 aromatic carbocycles. The van der Waals surface area contributed by atoms with Crippen LogP contribution in [-0.4, -0.2) is 29.5 Å². The lowest BCUT2D eigenvalue weighted by Crippen LogP contribution is -2.32. The summed E-state index contributed by atoms with van der Waals surface area (Å²) in [7, 11) is -3.50. The number of benzene rings is 1. The molecule has 28 heavy (non-hydrogen) atoms. The van der Waals surface area contributed by atoms with Crippen molar-refractivity contribution in [2.75, 3.05) is 6.54 Å². The van der Waals surface area contributed by atoms with E-state index >= 15 is 0 Å². The Balaban J connectivity index is 1.61. The lowest BCUT2D eigenvalue weighted by molar-refractivity contribution is 0.332. The highest BCUT2D eigenvalue weighted by molar-refractivity contribution is 7.88. The second-order valence-corrected chi connectivity index (χ2v) is 10.2. The summed E-state index contributed by atoms with van der Waals surface area (Å²) in [6, 6.07) is 7.50. The van der Waals surface area contributed by atoms with E-state index in [0.29, 0.717) is 24.7 Å². The summed E-state index contributed by atoms with van der Waals surface area (Å²) >= 11 is 1.52. The van der Waals surface area contributed by atoms with Gasteiger partial charge in [-0.2, -0.15) is 4.31 Å². The van der Waals surface area contributed by atoms with Crippen LogP contribution in [0.3, 0.4) is 0 Å². The van der Waals surface area contributed by atoms with Crippen molar-refractivity contribution in [3.05, 3.63) is 57.8 Å². The zero-order valence-corrected chi connectivity index (χ0v) is 17.8. The molecule has 1 unspecified atom stereocenters. The zero-order chi connectivity index (χ0) is 19.9. The van der Waals surface area contributed by atoms with E-state index in [0.717, 1.165) is 33.6 Å². The Labute approximate surface area is 169 Å². The highest BCUT2D eigenvalue weighted by Gasteiger charge is 2.38. The summed E-state index contributed by atoms with van der Waals surface area (Å²) in [5, 5.41) is 10.2. The minimum absolute atomic E-state index is 0.00658. The molecular formula is C20H23N3O3S2. The number of nitrogens with zero attached hydrogens (tertiary/aromatic N) is 3. The highest BCUT2D eigenvalue weighted by atomic mass is 32.2. The van der Waals surface area contributed by atoms with E-state index in [2.05, 4.69) is 10.2 Å². The van der Waals surface area contributed by atoms with Crippen molar-refractivity contribution < 1.29 is 12.8 Å². The third-order valence-corrected chi connectivity index (χ3v) is 7.85. The SMILES string of the molecule is Cc1cc(C)c(CS(=O)(=O)N2CCCC2c2nnc(-c3cccs3)o2)c(C)c1. The molecule has 3 aromatic rings. The van der Waals surface area contributed by atoms with Gasteiger partial charge in [-0.15, -0.1) is 21.5 Å². The molecule has 3 heterocycles. The van der Waals surface area contributed by atoms with Crippen LogP contribution >= 0.6 is 11.3 Å². The van der Waals surface area contributed by atoms with E-state index < -0.39 is 16.1 Å². The average molecular weight is 418 g/mol. The summed E-state index contributed by atoms with van der Waals surface area (Å²) in [5.41, 5.74) is 4.03. The van der Waals surface area contributed by atoms with Crippen molar-refractivity contribution in [3.8, 4) is 10.8 Å². The maximum atomic E-state index is 13.2. The fourth-order valence-corrected chi connectivity index (χ4v) is 6.51. The number of sulfonamides is 1. The van der Waals surface area contributed by atoms with Crippen molar-refractivity contribution in [2.45, 2.75) is 45.4 Å². The first-order chi connectivity index (χ1) is 13.3. The van der Waals surface area contributed by atoms with Crippen molar-refractivity contribution in [1.82, 2.24) is 14.5 Å². The van der Waals surface area contributed by atoms with Gasteiger partial charge in [-0.3, -0.25) is 0 Å². The minimum atomic E-state index is -3.50. The average Bonchev–Trinajstić information content (AvgIpc) is 3.38. The molecule has 0 amide bonds. The molecule has 0 aliphatic carbocycles. The van der Waals surface area contributed by atoms with Crippen molar-refractivity contribution in [2.24, 2.45) is 0 Å². The first-order valence-corrected chi connectivity index (χ1v) is 11.8. The standard InChI is InChI=1S/C20H23N3O3S2/c1-13-10-14(2)16(15(3)11-13)12-28(24,25)23-8-4-6-17(23)19-21-22-20(26-19)18-7-5-9-27-18/h5,7,9-11,17H,4,6,8,12H2,1-3H3. The fraction of sp³-hybridized carbons (Fsp3) is 0.400. The molecule has 148 valence electrons. The molecule has 0 N–H and O–H groups in total. The molecule has 1 aliphatic heterocycles. The van der Waals surface area contributed by atoms with Crippen LogP contribution in [0.25, 0.3) is 10.8 Å². The van der Waals surface area contributed by atoms with Gasteiger partial charge in [0.2, 0.25) is 15.9 Å². The van der Waals surface area contributed by atoms with Crippen LogP contribution in [0.15, 0.2) is 34.1 Å². The van der Waals surface area contributed by atoms with E-state index in [4.69, 9.17) is 4.42 Å². The van der Waals surface area contributed by atoms with Gasteiger partial charge in [-0.1, -0.05) is 23.8 Å². The normalized spacial score (nSPS) is 18.0. The quantitative estimate of drug-likeness (QED) is 0.615. The number of thiophene rings is 1. The number of rotatable bonds is 5. The van der Waals surface area contributed by atoms with E-state index in [1.54, 1.807) is 0 Å². The molecule has 2 aromatic heterocycles. The molecule has 1 aliphatic rings. The van der Waals surface area contributed by atoms with Crippen LogP contribution in [0.4, 0.5) is 0 Å². The lowest BCUT2D eigenvalue weighted by atomic mass is 10.0. The smallest absolute Gasteiger partial charge is 0.257 e. The number of hydrogen-bond donors (Lipinski definition) is 0. The van der Waals surface area contributed by atoms with Crippen LogP contribution in [0.2, 0.25) is 0 Å². The van der Waals surface area contributed by atoms with Gasteiger partial charge in [0.15, 0.2) is 0 Å². The maximum absolute atomic E-state index is 13.2. The second kappa shape index (κ2) is 7.42. The van der Waals surface area contributed by atoms with Crippen LogP contribution in [-0.2, 0) is 15.8 Å². The predicted octanol–water partition coefficient (Wildman–Crippen LogP) is 4.39. The van der Waals surface area contributed by atoms with Crippen molar-refractivity contribution in [3.63, 3.8) is 0 Å². The van der Waals surface area contributed by atoms with Gasteiger partial charge in [-0.05, 0) is 61.7 Å². The van der Waals surface area contributed by atoms with Crippen LogP contribution in [0, 0.1) is 20.8 Å². The van der Waals surface area contributed by atoms with E-state index in [1.165, 1.54) is 15.6 Å². The Bertz CT molecular complexity index is 1060. The molecule has 4 rings (SSSR count). The summed E-state index contributed by atoms with van der Waals surface area (Å²) < 4.78 is 33.9. The van der Waals surface area contributed by atoms with E-state index in [1.807, 2.05) is 50.4 Å². The number of aryl methyl sites for hydroxylation is 3. The molecule has 1 saturated heterocycles. The van der Waals surface area contributed by atoms with Gasteiger partial charge >= 0.3 is 0 Å². The van der Waals surface area contributed by atoms with Crippen molar-refractivity contribution in [1.29, 1.82) is 0 Å². The van der Waals surface area contributed by atoms with Gasteiger partial charge in [-0.25, -0.2) is 8.42 Å². The first kappa shape index (κ1) is 19.3. The topological polar surface area (TPSA) is 76.3 Å². The molecule has 0 spiro atoms. The number of hydrogen-bond acceptors (Lipinski definition) is 6. The molecule has 0 bridgehead atoms. The minimum Gasteiger partial charge on any atom is -0.418 e. The summed E-state index contributed by atoms with van der Waals surface area (Å²) in [4.78, 5) is 0.886. The second-order valence-electron chi connectivity index (χ2n) is 7.32. The molecule has 0 saturated carbocycles. The third kappa shape index (κ3) is 3.64. The third-order valence-electron chi connectivity index (χ3n) is 5.19. The Morgan fingerprint density at radius 1 is 1.21 bits per heavy atom. The Hall–Kier alpha value is -2.03. The molecule has 0 radical (unpaired) electrons. The molecule has 8 heteroatoms. The maximum Gasteiger partial charge on any atom is 0.257 e. The predicted molar refractivity (Wildman–Crippen MR) is 110 cm³/mol. The zero-order valence-electron chi connectivity index (χ0n) is 16.2. The van der Waals surface area contributed by atoms with Gasteiger partial charge in [0, 0.05) is 6.54 Å². The largest absolute Gasteiger partial charge is 0.418 e. The van der Waals surface area contributed by atoms with E-state index in [9.17, 15) is 8.42 Å². The Morgan fingerprint density at radius 2 is 1.96 bits per heavy atom. The molecule has 1 fully saturated rings. The Kier molecular flexibility index (Phi) is 5.11. The van der Waals surface area contributed by atoms with E-state index in [-0.39, 0.29) is 5.75 Å². The van der Waals surface area contributed by atoms with Gasteiger partial charge < -0.3 is 4.42 Å². The summed E-state index contributed by atoms with van der Waals surface area (Å²) in [6.07, 6.45) is 1.48. The van der Waals surface area contributed by atoms with Crippen LogP contribution in [0.5, 0.6) is 0 Å². The lowest BCUT2D eigenvalue weighted by Gasteiger charge is -2.22.